The molecule has 1 aromatic carbocycles. The molecule has 1 amide bonds. The van der Waals surface area contributed by atoms with Gasteiger partial charge in [-0.1, -0.05) is 37.8 Å². The summed E-state index contributed by atoms with van der Waals surface area (Å²) < 4.78 is 1.46. The van der Waals surface area contributed by atoms with Gasteiger partial charge in [0.2, 0.25) is 17.8 Å². The van der Waals surface area contributed by atoms with Crippen LogP contribution in [0.15, 0.2) is 36.9 Å². The molecule has 0 aliphatic heterocycles. The molecular weight excluding hydrogens is 394 g/mol. The highest BCUT2D eigenvalue weighted by atomic mass is 16.1. The summed E-state index contributed by atoms with van der Waals surface area (Å²) in [7, 11) is 1.73. The lowest BCUT2D eigenvalue weighted by Crippen LogP contribution is -2.36. The van der Waals surface area contributed by atoms with Crippen molar-refractivity contribution >= 4 is 23.5 Å². The Labute approximate surface area is 180 Å². The molecule has 2 aromatic heterocycles. The lowest BCUT2D eigenvalue weighted by atomic mass is 9.93. The van der Waals surface area contributed by atoms with E-state index >= 15 is 0 Å². The number of hydrogen-bond donors (Lipinski definition) is 3. The van der Waals surface area contributed by atoms with E-state index < -0.39 is 5.54 Å². The summed E-state index contributed by atoms with van der Waals surface area (Å²) in [5.41, 5.74) is 0.824. The molecule has 0 spiro atoms. The van der Waals surface area contributed by atoms with Gasteiger partial charge in [0.25, 0.3) is 5.95 Å². The molecule has 0 atom stereocenters. The Balaban J connectivity index is 1.96. The summed E-state index contributed by atoms with van der Waals surface area (Å²) in [5.74, 6) is 7.51. The van der Waals surface area contributed by atoms with Crippen LogP contribution in [0.1, 0.15) is 39.2 Å². The molecule has 160 valence electrons. The molecule has 0 saturated heterocycles. The van der Waals surface area contributed by atoms with E-state index in [1.165, 1.54) is 24.3 Å². The number of aromatic nitrogens is 6. The molecule has 2 heterocycles. The number of carbonyl (C=O) groups is 1. The molecule has 0 fully saturated rings. The standard InChI is InChI=1S/C21H25N9O/c1-5-21(6-2,12-11-16-9-7-8-10-17(16)25-15(3)31)29-19-26-18(22-4)27-20(28-19)30-14-23-13-24-30/h7-10,13-14H,5-6H2,1-4H3,(H,25,31)(H2,22,26,27,28,29). The van der Waals surface area contributed by atoms with Crippen LogP contribution in [0.2, 0.25) is 0 Å². The van der Waals surface area contributed by atoms with Crippen LogP contribution in [0, 0.1) is 11.8 Å². The topological polar surface area (TPSA) is 123 Å². The van der Waals surface area contributed by atoms with Gasteiger partial charge in [0.1, 0.15) is 18.2 Å². The number of nitrogens with zero attached hydrogens (tertiary/aromatic N) is 6. The van der Waals surface area contributed by atoms with E-state index in [1.54, 1.807) is 7.05 Å². The number of amides is 1. The number of carbonyl (C=O) groups excluding carboxylic acids is 1. The molecule has 0 saturated carbocycles. The molecule has 10 nitrogen and oxygen atoms in total. The fraction of sp³-hybridized carbons (Fsp3) is 0.333. The van der Waals surface area contributed by atoms with Crippen molar-refractivity contribution in [2.24, 2.45) is 0 Å². The molecule has 0 bridgehead atoms. The van der Waals surface area contributed by atoms with Crippen molar-refractivity contribution in [3.63, 3.8) is 0 Å². The fourth-order valence-electron chi connectivity index (χ4n) is 2.87. The zero-order chi connectivity index (χ0) is 22.3. The van der Waals surface area contributed by atoms with Crippen LogP contribution in [0.3, 0.4) is 0 Å². The first-order valence-corrected chi connectivity index (χ1v) is 9.95. The second-order valence-electron chi connectivity index (χ2n) is 6.76. The molecule has 0 aliphatic rings. The van der Waals surface area contributed by atoms with E-state index in [4.69, 9.17) is 0 Å². The fourth-order valence-corrected chi connectivity index (χ4v) is 2.87. The monoisotopic (exact) mass is 419 g/mol. The van der Waals surface area contributed by atoms with E-state index in [1.807, 2.05) is 38.1 Å². The SMILES string of the molecule is CCC(C#Cc1ccccc1NC(C)=O)(CC)Nc1nc(NC)nc(-n2cncn2)n1. The lowest BCUT2D eigenvalue weighted by molar-refractivity contribution is -0.114. The van der Waals surface area contributed by atoms with Crippen LogP contribution in [-0.2, 0) is 4.79 Å². The Kier molecular flexibility index (Phi) is 6.77. The maximum atomic E-state index is 11.5. The van der Waals surface area contributed by atoms with E-state index in [0.717, 1.165) is 5.56 Å². The third-order valence-corrected chi connectivity index (χ3v) is 4.70. The number of rotatable bonds is 7. The summed E-state index contributed by atoms with van der Waals surface area (Å²) in [6.07, 6.45) is 4.34. The maximum Gasteiger partial charge on any atom is 0.258 e. The van der Waals surface area contributed by atoms with Crippen LogP contribution in [0.25, 0.3) is 5.95 Å². The number of nitrogens with one attached hydrogen (secondary N) is 3. The first-order chi connectivity index (χ1) is 15.0. The molecule has 3 rings (SSSR count). The molecule has 0 unspecified atom stereocenters. The Morgan fingerprint density at radius 2 is 1.87 bits per heavy atom. The van der Waals surface area contributed by atoms with E-state index in [2.05, 4.69) is 52.8 Å². The van der Waals surface area contributed by atoms with Gasteiger partial charge in [-0.3, -0.25) is 4.79 Å². The van der Waals surface area contributed by atoms with Crippen LogP contribution < -0.4 is 16.0 Å². The minimum Gasteiger partial charge on any atom is -0.357 e. The van der Waals surface area contributed by atoms with Gasteiger partial charge < -0.3 is 16.0 Å². The van der Waals surface area contributed by atoms with Gasteiger partial charge in [-0.15, -0.1) is 0 Å². The van der Waals surface area contributed by atoms with Crippen molar-refractivity contribution in [3.8, 4) is 17.8 Å². The summed E-state index contributed by atoms with van der Waals surface area (Å²) in [4.78, 5) is 28.7. The number of para-hydroxylation sites is 1. The largest absolute Gasteiger partial charge is 0.357 e. The third kappa shape index (κ3) is 5.33. The van der Waals surface area contributed by atoms with Gasteiger partial charge in [0, 0.05) is 19.5 Å². The summed E-state index contributed by atoms with van der Waals surface area (Å²) in [6.45, 7) is 5.56. The first-order valence-electron chi connectivity index (χ1n) is 9.95. The molecule has 3 N–H and O–H groups in total. The van der Waals surface area contributed by atoms with Crippen LogP contribution >= 0.6 is 0 Å². The van der Waals surface area contributed by atoms with Crippen molar-refractivity contribution in [1.82, 2.24) is 29.7 Å². The average Bonchev–Trinajstić information content (AvgIpc) is 3.32. The number of hydrogen-bond acceptors (Lipinski definition) is 8. The normalized spacial score (nSPS) is 10.7. The van der Waals surface area contributed by atoms with Gasteiger partial charge in [0.05, 0.1) is 5.69 Å². The van der Waals surface area contributed by atoms with Crippen LogP contribution in [0.4, 0.5) is 17.6 Å². The van der Waals surface area contributed by atoms with Gasteiger partial charge in [0.15, 0.2) is 0 Å². The second-order valence-corrected chi connectivity index (χ2v) is 6.76. The summed E-state index contributed by atoms with van der Waals surface area (Å²) in [5, 5.41) is 13.2. The van der Waals surface area contributed by atoms with Crippen molar-refractivity contribution in [1.29, 1.82) is 0 Å². The average molecular weight is 419 g/mol. The maximum absolute atomic E-state index is 11.5. The highest BCUT2D eigenvalue weighted by Crippen LogP contribution is 2.22. The molecule has 3 aromatic rings. The third-order valence-electron chi connectivity index (χ3n) is 4.70. The summed E-state index contributed by atoms with van der Waals surface area (Å²) in [6, 6.07) is 7.45. The number of anilines is 3. The quantitative estimate of drug-likeness (QED) is 0.499. The van der Waals surface area contributed by atoms with Gasteiger partial charge in [-0.2, -0.15) is 24.7 Å². The van der Waals surface area contributed by atoms with Crippen molar-refractivity contribution < 1.29 is 4.79 Å². The Morgan fingerprint density at radius 1 is 1.13 bits per heavy atom. The smallest absolute Gasteiger partial charge is 0.258 e. The Morgan fingerprint density at radius 3 is 2.52 bits per heavy atom. The Bertz CT molecular complexity index is 1100. The van der Waals surface area contributed by atoms with Gasteiger partial charge in [-0.25, -0.2) is 4.98 Å². The van der Waals surface area contributed by atoms with Crippen LogP contribution in [-0.4, -0.2) is 48.2 Å². The van der Waals surface area contributed by atoms with E-state index in [9.17, 15) is 4.79 Å². The highest BCUT2D eigenvalue weighted by molar-refractivity contribution is 5.90. The molecular formula is C21H25N9O. The van der Waals surface area contributed by atoms with Crippen molar-refractivity contribution in [2.45, 2.75) is 39.2 Å². The van der Waals surface area contributed by atoms with Crippen molar-refractivity contribution in [2.75, 3.05) is 23.0 Å². The zero-order valence-corrected chi connectivity index (χ0v) is 18.0. The predicted octanol–water partition coefficient (Wildman–Crippen LogP) is 2.47. The molecule has 31 heavy (non-hydrogen) atoms. The predicted molar refractivity (Wildman–Crippen MR) is 119 cm³/mol. The van der Waals surface area contributed by atoms with Crippen molar-refractivity contribution in [3.05, 3.63) is 42.5 Å². The summed E-state index contributed by atoms with van der Waals surface area (Å²) >= 11 is 0. The van der Waals surface area contributed by atoms with Gasteiger partial charge >= 0.3 is 0 Å². The second kappa shape index (κ2) is 9.67. The Hall–Kier alpha value is -4.00. The number of benzene rings is 1. The zero-order valence-electron chi connectivity index (χ0n) is 18.0. The minimum absolute atomic E-state index is 0.143. The van der Waals surface area contributed by atoms with E-state index in [0.29, 0.717) is 36.4 Å². The highest BCUT2D eigenvalue weighted by Gasteiger charge is 2.25. The molecule has 0 aliphatic carbocycles. The van der Waals surface area contributed by atoms with Crippen LogP contribution in [0.5, 0.6) is 0 Å². The minimum atomic E-state index is -0.588. The molecule has 10 heteroatoms. The lowest BCUT2D eigenvalue weighted by Gasteiger charge is -2.27. The van der Waals surface area contributed by atoms with Gasteiger partial charge in [-0.05, 0) is 25.0 Å². The molecule has 0 radical (unpaired) electrons. The first kappa shape index (κ1) is 21.7. The van der Waals surface area contributed by atoms with E-state index in [-0.39, 0.29) is 5.91 Å².